The van der Waals surface area contributed by atoms with Gasteiger partial charge in [0.15, 0.2) is 5.43 Å². The molecule has 7 heteroatoms. The third-order valence-corrected chi connectivity index (χ3v) is 5.84. The van der Waals surface area contributed by atoms with Gasteiger partial charge in [-0.25, -0.2) is 0 Å². The molecule has 0 radical (unpaired) electrons. The van der Waals surface area contributed by atoms with Gasteiger partial charge in [-0.1, -0.05) is 19.1 Å². The highest BCUT2D eigenvalue weighted by Gasteiger charge is 2.24. The number of nitrogens with zero attached hydrogens (tertiary/aromatic N) is 2. The first-order valence-corrected chi connectivity index (χ1v) is 10.7. The highest BCUT2D eigenvalue weighted by atomic mass is 16.5. The molecule has 0 bridgehead atoms. The number of benzene rings is 2. The fourth-order valence-electron chi connectivity index (χ4n) is 4.06. The van der Waals surface area contributed by atoms with Crippen molar-refractivity contribution in [3.05, 3.63) is 59.0 Å². The molecule has 31 heavy (non-hydrogen) atoms. The number of aromatic hydroxyl groups is 1. The van der Waals surface area contributed by atoms with Crippen LogP contribution >= 0.6 is 0 Å². The number of phenols is 1. The molecular weight excluding hydrogens is 396 g/mol. The predicted octanol–water partition coefficient (Wildman–Crippen LogP) is 3.72. The second-order valence-electron chi connectivity index (χ2n) is 7.90. The van der Waals surface area contributed by atoms with Gasteiger partial charge in [-0.3, -0.25) is 9.69 Å². The third-order valence-electron chi connectivity index (χ3n) is 5.84. The summed E-state index contributed by atoms with van der Waals surface area (Å²) in [5.41, 5.74) is 1.45. The van der Waals surface area contributed by atoms with E-state index in [0.717, 1.165) is 37.2 Å². The maximum absolute atomic E-state index is 12.8. The van der Waals surface area contributed by atoms with E-state index in [0.29, 0.717) is 42.3 Å². The summed E-state index contributed by atoms with van der Waals surface area (Å²) in [4.78, 5) is 15.2. The average Bonchev–Trinajstić information content (AvgIpc) is 2.78. The molecule has 1 atom stereocenters. The molecule has 0 aliphatic carbocycles. The lowest BCUT2D eigenvalue weighted by atomic mass is 10.1. The SMILES string of the molecule is CCC1CN(O)CCN1CCCOc1ccc(-c2coc3cc(O)ccc3c2=O)cc1. The molecule has 0 spiro atoms. The van der Waals surface area contributed by atoms with Crippen LogP contribution in [0.5, 0.6) is 11.5 Å². The Labute approximate surface area is 181 Å². The van der Waals surface area contributed by atoms with Gasteiger partial charge in [-0.2, -0.15) is 5.06 Å². The van der Waals surface area contributed by atoms with Crippen molar-refractivity contribution in [3.63, 3.8) is 0 Å². The van der Waals surface area contributed by atoms with Gasteiger partial charge in [0.25, 0.3) is 0 Å². The van der Waals surface area contributed by atoms with E-state index in [-0.39, 0.29) is 11.2 Å². The smallest absolute Gasteiger partial charge is 0.200 e. The van der Waals surface area contributed by atoms with E-state index >= 15 is 0 Å². The van der Waals surface area contributed by atoms with Gasteiger partial charge in [0.05, 0.1) is 17.6 Å². The minimum absolute atomic E-state index is 0.0609. The summed E-state index contributed by atoms with van der Waals surface area (Å²) in [6.45, 7) is 5.95. The normalized spacial score (nSPS) is 17.8. The molecule has 0 amide bonds. The van der Waals surface area contributed by atoms with E-state index < -0.39 is 0 Å². The number of hydrogen-bond donors (Lipinski definition) is 2. The van der Waals surface area contributed by atoms with Crippen molar-refractivity contribution in [1.29, 1.82) is 0 Å². The van der Waals surface area contributed by atoms with Crippen LogP contribution in [0.15, 0.2) is 57.9 Å². The lowest BCUT2D eigenvalue weighted by Crippen LogP contribution is -2.52. The Balaban J connectivity index is 1.35. The lowest BCUT2D eigenvalue weighted by molar-refractivity contribution is -0.134. The first-order chi connectivity index (χ1) is 15.0. The summed E-state index contributed by atoms with van der Waals surface area (Å²) < 4.78 is 11.4. The molecule has 1 saturated heterocycles. The fraction of sp³-hybridized carbons (Fsp3) is 0.375. The van der Waals surface area contributed by atoms with Crippen molar-refractivity contribution >= 4 is 11.0 Å². The third kappa shape index (κ3) is 4.90. The molecule has 7 nitrogen and oxygen atoms in total. The standard InChI is InChI=1S/C24H28N2O5/c1-2-18-15-26(29)12-11-25(18)10-3-13-30-20-7-4-17(5-8-20)22-16-31-23-14-19(27)6-9-21(23)24(22)28/h4-9,14,16,18,27,29H,2-3,10-13,15H2,1H3. The molecule has 1 aromatic heterocycles. The summed E-state index contributed by atoms with van der Waals surface area (Å²) in [5.74, 6) is 0.817. The lowest BCUT2D eigenvalue weighted by Gasteiger charge is -2.38. The van der Waals surface area contributed by atoms with Crippen molar-refractivity contribution in [2.75, 3.05) is 32.8 Å². The molecule has 3 aromatic rings. The van der Waals surface area contributed by atoms with Crippen LogP contribution in [0, 0.1) is 0 Å². The van der Waals surface area contributed by atoms with Crippen LogP contribution in [-0.4, -0.2) is 59.1 Å². The summed E-state index contributed by atoms with van der Waals surface area (Å²) in [5, 5.41) is 21.1. The molecule has 2 N–H and O–H groups in total. The number of piperazine rings is 1. The van der Waals surface area contributed by atoms with Gasteiger partial charge < -0.3 is 19.5 Å². The quantitative estimate of drug-likeness (QED) is 0.559. The van der Waals surface area contributed by atoms with Crippen LogP contribution in [0.25, 0.3) is 22.1 Å². The zero-order chi connectivity index (χ0) is 21.8. The Morgan fingerprint density at radius 3 is 2.74 bits per heavy atom. The minimum Gasteiger partial charge on any atom is -0.508 e. The number of ether oxygens (including phenoxy) is 1. The molecule has 1 aliphatic rings. The van der Waals surface area contributed by atoms with Crippen molar-refractivity contribution in [2.24, 2.45) is 0 Å². The topological polar surface area (TPSA) is 86.4 Å². The van der Waals surface area contributed by atoms with E-state index in [2.05, 4.69) is 11.8 Å². The van der Waals surface area contributed by atoms with E-state index in [9.17, 15) is 15.1 Å². The van der Waals surface area contributed by atoms with Crippen LogP contribution < -0.4 is 10.2 Å². The van der Waals surface area contributed by atoms with Crippen molar-refractivity contribution < 1.29 is 19.5 Å². The zero-order valence-corrected chi connectivity index (χ0v) is 17.7. The highest BCUT2D eigenvalue weighted by molar-refractivity contribution is 5.82. The largest absolute Gasteiger partial charge is 0.508 e. The summed E-state index contributed by atoms with van der Waals surface area (Å²) in [6, 6.07) is 12.3. The maximum Gasteiger partial charge on any atom is 0.200 e. The van der Waals surface area contributed by atoms with Crippen molar-refractivity contribution in [1.82, 2.24) is 9.96 Å². The number of hydrogen-bond acceptors (Lipinski definition) is 7. The first kappa shape index (κ1) is 21.4. The minimum atomic E-state index is -0.136. The second-order valence-corrected chi connectivity index (χ2v) is 7.90. The van der Waals surface area contributed by atoms with Gasteiger partial charge in [0.2, 0.25) is 0 Å². The van der Waals surface area contributed by atoms with E-state index in [1.54, 1.807) is 6.07 Å². The van der Waals surface area contributed by atoms with Crippen LogP contribution in [0.2, 0.25) is 0 Å². The van der Waals surface area contributed by atoms with Crippen molar-refractivity contribution in [3.8, 4) is 22.6 Å². The Morgan fingerprint density at radius 1 is 1.16 bits per heavy atom. The van der Waals surface area contributed by atoms with Crippen molar-refractivity contribution in [2.45, 2.75) is 25.8 Å². The number of hydroxylamine groups is 2. The number of rotatable bonds is 7. The molecule has 2 heterocycles. The van der Waals surface area contributed by atoms with E-state index in [1.807, 2.05) is 24.3 Å². The van der Waals surface area contributed by atoms with Gasteiger partial charge in [0, 0.05) is 38.3 Å². The maximum atomic E-state index is 12.8. The molecule has 1 unspecified atom stereocenters. The first-order valence-electron chi connectivity index (χ1n) is 10.7. The van der Waals surface area contributed by atoms with Gasteiger partial charge >= 0.3 is 0 Å². The van der Waals surface area contributed by atoms with Crippen LogP contribution in [-0.2, 0) is 0 Å². The van der Waals surface area contributed by atoms with Gasteiger partial charge in [-0.15, -0.1) is 0 Å². The predicted molar refractivity (Wildman–Crippen MR) is 119 cm³/mol. The summed E-state index contributed by atoms with van der Waals surface area (Å²) in [6.07, 6.45) is 3.35. The molecule has 164 valence electrons. The molecule has 1 aliphatic heterocycles. The van der Waals surface area contributed by atoms with Crippen LogP contribution in [0.4, 0.5) is 0 Å². The average molecular weight is 424 g/mol. The Hall–Kier alpha value is -2.87. The second kappa shape index (κ2) is 9.51. The summed E-state index contributed by atoms with van der Waals surface area (Å²) in [7, 11) is 0. The number of phenolic OH excluding ortho intramolecular Hbond substituents is 1. The molecule has 4 rings (SSSR count). The molecule has 2 aromatic carbocycles. The Bertz CT molecular complexity index is 1080. The zero-order valence-electron chi connectivity index (χ0n) is 17.7. The highest BCUT2D eigenvalue weighted by Crippen LogP contribution is 2.24. The molecule has 0 saturated carbocycles. The molecule has 1 fully saturated rings. The Morgan fingerprint density at radius 2 is 1.97 bits per heavy atom. The van der Waals surface area contributed by atoms with Crippen LogP contribution in [0.1, 0.15) is 19.8 Å². The van der Waals surface area contributed by atoms with Gasteiger partial charge in [-0.05, 0) is 42.7 Å². The summed E-state index contributed by atoms with van der Waals surface area (Å²) >= 11 is 0. The Kier molecular flexibility index (Phi) is 6.56. The number of fused-ring (bicyclic) bond motifs is 1. The van der Waals surface area contributed by atoms with Gasteiger partial charge in [0.1, 0.15) is 23.3 Å². The van der Waals surface area contributed by atoms with E-state index in [1.165, 1.54) is 23.5 Å². The fourth-order valence-corrected chi connectivity index (χ4v) is 4.06. The monoisotopic (exact) mass is 424 g/mol. The molecular formula is C24H28N2O5. The van der Waals surface area contributed by atoms with Crippen LogP contribution in [0.3, 0.4) is 0 Å². The van der Waals surface area contributed by atoms with E-state index in [4.69, 9.17) is 9.15 Å².